The number of anilines is 1. The predicted octanol–water partition coefficient (Wildman–Crippen LogP) is -0.971. The van der Waals surface area contributed by atoms with Crippen LogP contribution in [-0.4, -0.2) is 53.3 Å². The van der Waals surface area contributed by atoms with Crippen molar-refractivity contribution in [2.75, 3.05) is 26.1 Å². The molecule has 120 valence electrons. The van der Waals surface area contributed by atoms with E-state index in [4.69, 9.17) is 25.2 Å². The van der Waals surface area contributed by atoms with Crippen LogP contribution in [0.1, 0.15) is 12.6 Å². The summed E-state index contributed by atoms with van der Waals surface area (Å²) in [5.74, 6) is 0.105. The molecule has 1 fully saturated rings. The molecule has 9 heteroatoms. The molecule has 0 radical (unpaired) electrons. The van der Waals surface area contributed by atoms with Crippen LogP contribution in [0.15, 0.2) is 17.1 Å². The fraction of sp³-hybridized carbons (Fsp3) is 0.615. The summed E-state index contributed by atoms with van der Waals surface area (Å²) < 4.78 is 17.8. The van der Waals surface area contributed by atoms with Gasteiger partial charge in [0.2, 0.25) is 0 Å². The van der Waals surface area contributed by atoms with Crippen LogP contribution in [0.2, 0.25) is 0 Å². The zero-order chi connectivity index (χ0) is 16.1. The number of aromatic nitrogens is 2. The quantitative estimate of drug-likeness (QED) is 0.641. The second kappa shape index (κ2) is 7.33. The van der Waals surface area contributed by atoms with Crippen molar-refractivity contribution in [3.8, 4) is 6.07 Å². The molecule has 2 heterocycles. The van der Waals surface area contributed by atoms with Crippen LogP contribution in [0.25, 0.3) is 0 Å². The van der Waals surface area contributed by atoms with Gasteiger partial charge in [0.15, 0.2) is 6.23 Å². The van der Waals surface area contributed by atoms with Crippen LogP contribution in [0.5, 0.6) is 0 Å². The zero-order valence-corrected chi connectivity index (χ0v) is 12.1. The van der Waals surface area contributed by atoms with Gasteiger partial charge in [-0.25, -0.2) is 4.79 Å². The van der Waals surface area contributed by atoms with Crippen molar-refractivity contribution in [2.45, 2.75) is 31.0 Å². The van der Waals surface area contributed by atoms with Gasteiger partial charge in [-0.1, -0.05) is 0 Å². The van der Waals surface area contributed by atoms with Crippen LogP contribution < -0.4 is 11.4 Å². The molecular weight excluding hydrogens is 292 g/mol. The lowest BCUT2D eigenvalue weighted by Gasteiger charge is -2.23. The third-order valence-electron chi connectivity index (χ3n) is 3.39. The Morgan fingerprint density at radius 3 is 2.95 bits per heavy atom. The van der Waals surface area contributed by atoms with Gasteiger partial charge in [0.05, 0.1) is 25.7 Å². The average molecular weight is 310 g/mol. The molecule has 0 amide bonds. The lowest BCUT2D eigenvalue weighted by atomic mass is 10.1. The Bertz CT molecular complexity index is 599. The number of methoxy groups -OCH3 is 1. The van der Waals surface area contributed by atoms with Crippen molar-refractivity contribution in [3.05, 3.63) is 22.7 Å². The molecule has 1 aliphatic heterocycles. The van der Waals surface area contributed by atoms with Crippen LogP contribution in [0, 0.1) is 11.3 Å². The van der Waals surface area contributed by atoms with Gasteiger partial charge in [-0.3, -0.25) is 4.57 Å². The molecule has 22 heavy (non-hydrogen) atoms. The highest BCUT2D eigenvalue weighted by Crippen LogP contribution is 2.32. The maximum absolute atomic E-state index is 11.9. The van der Waals surface area contributed by atoms with Gasteiger partial charge >= 0.3 is 5.69 Å². The van der Waals surface area contributed by atoms with Crippen LogP contribution >= 0.6 is 0 Å². The van der Waals surface area contributed by atoms with Crippen molar-refractivity contribution in [1.82, 2.24) is 9.55 Å². The molecule has 0 saturated carbocycles. The van der Waals surface area contributed by atoms with Gasteiger partial charge in [-0.05, 0) is 6.07 Å². The monoisotopic (exact) mass is 310 g/mol. The first-order valence-corrected chi connectivity index (χ1v) is 6.74. The first-order valence-electron chi connectivity index (χ1n) is 6.74. The number of nitrogen functional groups attached to an aromatic ring is 1. The molecule has 1 saturated heterocycles. The second-order valence-corrected chi connectivity index (χ2v) is 4.73. The highest BCUT2D eigenvalue weighted by Gasteiger charge is 2.46. The summed E-state index contributed by atoms with van der Waals surface area (Å²) in [4.78, 5) is 15.6. The third-order valence-corrected chi connectivity index (χ3v) is 3.39. The Hall–Kier alpha value is -1.99. The second-order valence-electron chi connectivity index (χ2n) is 4.73. The number of nitrogens with zero attached hydrogens (tertiary/aromatic N) is 3. The van der Waals surface area contributed by atoms with E-state index in [1.54, 1.807) is 0 Å². The molecule has 0 bridgehead atoms. The smallest absolute Gasteiger partial charge is 0.351 e. The molecule has 0 spiro atoms. The number of hydrogen-bond donors (Lipinski definition) is 2. The third kappa shape index (κ3) is 3.26. The Morgan fingerprint density at radius 2 is 2.36 bits per heavy atom. The number of ether oxygens (including phenoxy) is 3. The van der Waals surface area contributed by atoms with Gasteiger partial charge in [0.1, 0.15) is 24.1 Å². The SMILES string of the molecule is CO[C@@H]1[C@@H](OCCC#N)[C@@H](CO)O[C@H]1n1ccc(N)nc1=O. The highest BCUT2D eigenvalue weighted by molar-refractivity contribution is 5.23. The lowest BCUT2D eigenvalue weighted by Crippen LogP contribution is -2.39. The van der Waals surface area contributed by atoms with Crippen molar-refractivity contribution in [1.29, 1.82) is 5.26 Å². The summed E-state index contributed by atoms with van der Waals surface area (Å²) in [6.07, 6.45) is -1.03. The fourth-order valence-electron chi connectivity index (χ4n) is 2.39. The van der Waals surface area contributed by atoms with E-state index in [1.165, 1.54) is 23.9 Å². The number of nitrogens with two attached hydrogens (primary N) is 1. The Morgan fingerprint density at radius 1 is 1.59 bits per heavy atom. The standard InChI is InChI=1S/C13H18N4O5/c1-20-11-10(21-6-2-4-14)8(7-18)22-12(11)17-5-3-9(15)16-13(17)19/h3,5,8,10-12,18H,2,6-7H2,1H3,(H2,15,16,19)/t8-,10+,11-,12-/m1/s1. The lowest BCUT2D eigenvalue weighted by molar-refractivity contribution is -0.0625. The molecule has 1 aliphatic rings. The Balaban J connectivity index is 2.25. The van der Waals surface area contributed by atoms with E-state index in [-0.39, 0.29) is 25.5 Å². The van der Waals surface area contributed by atoms with E-state index >= 15 is 0 Å². The highest BCUT2D eigenvalue weighted by atomic mass is 16.6. The van der Waals surface area contributed by atoms with E-state index in [2.05, 4.69) is 4.98 Å². The fourth-order valence-corrected chi connectivity index (χ4v) is 2.39. The number of nitriles is 1. The molecule has 1 aromatic heterocycles. The van der Waals surface area contributed by atoms with Gasteiger partial charge in [0, 0.05) is 13.3 Å². The number of aliphatic hydroxyl groups excluding tert-OH is 1. The van der Waals surface area contributed by atoms with E-state index in [0.717, 1.165) is 0 Å². The zero-order valence-electron chi connectivity index (χ0n) is 12.1. The van der Waals surface area contributed by atoms with Crippen LogP contribution in [-0.2, 0) is 14.2 Å². The van der Waals surface area contributed by atoms with Gasteiger partial charge in [0.25, 0.3) is 0 Å². The normalized spacial score (nSPS) is 27.7. The maximum atomic E-state index is 11.9. The summed E-state index contributed by atoms with van der Waals surface area (Å²) in [7, 11) is 1.46. The molecule has 4 atom stereocenters. The number of hydrogen-bond acceptors (Lipinski definition) is 8. The summed E-state index contributed by atoms with van der Waals surface area (Å²) >= 11 is 0. The molecule has 0 aromatic carbocycles. The topological polar surface area (TPSA) is 133 Å². The molecule has 0 aliphatic carbocycles. The minimum absolute atomic E-state index is 0.105. The molecule has 9 nitrogen and oxygen atoms in total. The Kier molecular flexibility index (Phi) is 5.46. The van der Waals surface area contributed by atoms with E-state index < -0.39 is 30.2 Å². The van der Waals surface area contributed by atoms with Gasteiger partial charge < -0.3 is 25.1 Å². The minimum Gasteiger partial charge on any atom is -0.394 e. The minimum atomic E-state index is -0.796. The Labute approximate surface area is 126 Å². The first kappa shape index (κ1) is 16.4. The molecular formula is C13H18N4O5. The molecule has 3 N–H and O–H groups in total. The summed E-state index contributed by atoms with van der Waals surface area (Å²) in [5, 5.41) is 18.0. The van der Waals surface area contributed by atoms with E-state index in [0.29, 0.717) is 0 Å². The van der Waals surface area contributed by atoms with Crippen molar-refractivity contribution in [3.63, 3.8) is 0 Å². The average Bonchev–Trinajstić information content (AvgIpc) is 2.85. The number of aliphatic hydroxyl groups is 1. The number of rotatable bonds is 6. The van der Waals surface area contributed by atoms with Crippen LogP contribution in [0.4, 0.5) is 5.82 Å². The maximum Gasteiger partial charge on any atom is 0.351 e. The predicted molar refractivity (Wildman–Crippen MR) is 74.7 cm³/mol. The molecule has 2 rings (SSSR count). The largest absolute Gasteiger partial charge is 0.394 e. The van der Waals surface area contributed by atoms with Gasteiger partial charge in [-0.2, -0.15) is 10.2 Å². The molecule has 1 aromatic rings. The van der Waals surface area contributed by atoms with Crippen LogP contribution in [0.3, 0.4) is 0 Å². The van der Waals surface area contributed by atoms with E-state index in [9.17, 15) is 9.90 Å². The van der Waals surface area contributed by atoms with Crippen molar-refractivity contribution in [2.24, 2.45) is 0 Å². The van der Waals surface area contributed by atoms with Crippen molar-refractivity contribution < 1.29 is 19.3 Å². The summed E-state index contributed by atoms with van der Waals surface area (Å²) in [6.45, 7) is -0.118. The first-order chi connectivity index (χ1) is 10.6. The molecule has 0 unspecified atom stereocenters. The summed E-state index contributed by atoms with van der Waals surface area (Å²) in [6, 6.07) is 3.43. The van der Waals surface area contributed by atoms with Gasteiger partial charge in [-0.15, -0.1) is 0 Å². The van der Waals surface area contributed by atoms with E-state index in [1.807, 2.05) is 6.07 Å². The van der Waals surface area contributed by atoms with Crippen molar-refractivity contribution >= 4 is 5.82 Å². The summed E-state index contributed by atoms with van der Waals surface area (Å²) in [5.41, 5.74) is 4.88.